The molecule has 2 amide bonds. The first-order valence-electron chi connectivity index (χ1n) is 13.7. The van der Waals surface area contributed by atoms with Gasteiger partial charge in [0.05, 0.1) is 23.5 Å². The van der Waals surface area contributed by atoms with E-state index >= 15 is 0 Å². The average Bonchev–Trinajstić information content (AvgIpc) is 3.12. The van der Waals surface area contributed by atoms with Crippen LogP contribution in [0.5, 0.6) is 0 Å². The predicted octanol–water partition coefficient (Wildman–Crippen LogP) is 5.22. The van der Waals surface area contributed by atoms with E-state index in [-0.39, 0.29) is 35.9 Å². The highest BCUT2D eigenvalue weighted by Gasteiger charge is 2.55. The van der Waals surface area contributed by atoms with Crippen LogP contribution in [0.15, 0.2) is 53.6 Å². The molecule has 3 fully saturated rings. The number of thioether (sulfide) groups is 1. The lowest BCUT2D eigenvalue weighted by atomic mass is 9.68. The number of carbonyl (C=O) groups is 2. The fourth-order valence-electron chi connectivity index (χ4n) is 6.65. The molecule has 0 radical (unpaired) electrons. The number of nitrogens with zero attached hydrogens (tertiary/aromatic N) is 4. The minimum absolute atomic E-state index is 0.0189. The van der Waals surface area contributed by atoms with Crippen LogP contribution in [0.25, 0.3) is 0 Å². The second-order valence-electron chi connectivity index (χ2n) is 11.4. The zero-order valence-corrected chi connectivity index (χ0v) is 23.3. The van der Waals surface area contributed by atoms with E-state index in [1.165, 1.54) is 24.8 Å². The zero-order chi connectivity index (χ0) is 26.0. The van der Waals surface area contributed by atoms with E-state index in [4.69, 9.17) is 0 Å². The summed E-state index contributed by atoms with van der Waals surface area (Å²) in [5.41, 5.74) is 1.94. The molecule has 2 aromatic rings. The van der Waals surface area contributed by atoms with Crippen molar-refractivity contribution in [2.45, 2.75) is 67.5 Å². The van der Waals surface area contributed by atoms with E-state index in [9.17, 15) is 9.59 Å². The molecule has 5 rings (SSSR count). The minimum Gasteiger partial charge on any atom is -0.317 e. The molecule has 1 aromatic carbocycles. The lowest BCUT2D eigenvalue weighted by Gasteiger charge is -2.51. The van der Waals surface area contributed by atoms with Gasteiger partial charge in [0.25, 0.3) is 0 Å². The molecule has 2 saturated carbocycles. The van der Waals surface area contributed by atoms with Crippen molar-refractivity contribution in [2.24, 2.45) is 5.92 Å². The van der Waals surface area contributed by atoms with Crippen molar-refractivity contribution in [3.63, 3.8) is 0 Å². The molecule has 0 atom stereocenters. The lowest BCUT2D eigenvalue weighted by molar-refractivity contribution is -0.119. The van der Waals surface area contributed by atoms with Gasteiger partial charge in [-0.2, -0.15) is 0 Å². The third-order valence-corrected chi connectivity index (χ3v) is 9.78. The summed E-state index contributed by atoms with van der Waals surface area (Å²) in [6, 6.07) is 16.7. The molecule has 0 unspecified atom stereocenters. The molecule has 2 heterocycles. The Bertz CT molecular complexity index is 1110. The molecule has 0 N–H and O–H groups in total. The number of rotatable bonds is 9. The van der Waals surface area contributed by atoms with E-state index in [2.05, 4.69) is 59.2 Å². The summed E-state index contributed by atoms with van der Waals surface area (Å²) >= 11 is 1.57. The Labute approximate surface area is 225 Å². The van der Waals surface area contributed by atoms with Crippen molar-refractivity contribution < 1.29 is 9.59 Å². The number of Topliss-reactive ketones (excluding diaryl/α,β-unsaturated/α-hetero) is 1. The van der Waals surface area contributed by atoms with Crippen molar-refractivity contribution in [3.8, 4) is 0 Å². The molecule has 1 aromatic heterocycles. The predicted molar refractivity (Wildman–Crippen MR) is 149 cm³/mol. The first-order chi connectivity index (χ1) is 17.8. The summed E-state index contributed by atoms with van der Waals surface area (Å²) < 4.78 is 0. The standard InChI is InChI=1S/C30H40N4O2S/c1-32(2)30(24-11-5-4-6-12-24)17-15-29(16-18-30)22-33(28(36)34(29)20-23-9-7-10-23)21-26(35)19-25-13-8-14-27(31-25)37-3/h4-6,8,11-14,23H,7,9-10,15-22H2,1-3H3. The molecule has 1 spiro atoms. The number of ketones is 1. The molecule has 0 bridgehead atoms. The first kappa shape index (κ1) is 26.2. The highest BCUT2D eigenvalue weighted by molar-refractivity contribution is 7.98. The fraction of sp³-hybridized carbons (Fsp3) is 0.567. The van der Waals surface area contributed by atoms with Gasteiger partial charge in [-0.25, -0.2) is 9.78 Å². The molecule has 2 aliphatic carbocycles. The molecule has 37 heavy (non-hydrogen) atoms. The normalized spacial score (nSPS) is 26.2. The molecular weight excluding hydrogens is 480 g/mol. The number of pyridine rings is 1. The van der Waals surface area contributed by atoms with Gasteiger partial charge in [0.15, 0.2) is 5.78 Å². The van der Waals surface area contributed by atoms with E-state index in [0.29, 0.717) is 12.5 Å². The maximum absolute atomic E-state index is 13.8. The van der Waals surface area contributed by atoms with Gasteiger partial charge in [0, 0.05) is 24.3 Å². The van der Waals surface area contributed by atoms with Crippen molar-refractivity contribution in [1.29, 1.82) is 0 Å². The molecule has 6 nitrogen and oxygen atoms in total. The first-order valence-corrected chi connectivity index (χ1v) is 14.9. The number of hydrogen-bond acceptors (Lipinski definition) is 5. The Morgan fingerprint density at radius 2 is 1.78 bits per heavy atom. The topological polar surface area (TPSA) is 56.8 Å². The van der Waals surface area contributed by atoms with Gasteiger partial charge in [0.1, 0.15) is 0 Å². The number of amides is 2. The highest BCUT2D eigenvalue weighted by atomic mass is 32.2. The Hall–Kier alpha value is -2.38. The van der Waals surface area contributed by atoms with Crippen molar-refractivity contribution in [1.82, 2.24) is 19.7 Å². The van der Waals surface area contributed by atoms with Crippen LogP contribution in [0.2, 0.25) is 0 Å². The van der Waals surface area contributed by atoms with Gasteiger partial charge in [-0.15, -0.1) is 11.8 Å². The Kier molecular flexibility index (Phi) is 7.64. The van der Waals surface area contributed by atoms with E-state index in [0.717, 1.165) is 42.9 Å². The van der Waals surface area contributed by atoms with Crippen LogP contribution in [0.3, 0.4) is 0 Å². The maximum Gasteiger partial charge on any atom is 0.321 e. The summed E-state index contributed by atoms with van der Waals surface area (Å²) in [6.45, 7) is 1.66. The highest BCUT2D eigenvalue weighted by Crippen LogP contribution is 2.49. The van der Waals surface area contributed by atoms with Crippen molar-refractivity contribution in [3.05, 3.63) is 59.8 Å². The van der Waals surface area contributed by atoms with Crippen molar-refractivity contribution in [2.75, 3.05) is 40.0 Å². The molecule has 198 valence electrons. The van der Waals surface area contributed by atoms with Crippen molar-refractivity contribution >= 4 is 23.6 Å². The third kappa shape index (κ3) is 5.17. The smallest absolute Gasteiger partial charge is 0.317 e. The van der Waals surface area contributed by atoms with Gasteiger partial charge in [-0.1, -0.05) is 42.8 Å². The number of benzene rings is 1. The van der Waals surface area contributed by atoms with Gasteiger partial charge in [-0.05, 0) is 82.5 Å². The van der Waals surface area contributed by atoms with Crippen LogP contribution in [-0.4, -0.2) is 77.0 Å². The maximum atomic E-state index is 13.8. The summed E-state index contributed by atoms with van der Waals surface area (Å²) in [7, 11) is 4.37. The molecule has 7 heteroatoms. The van der Waals surface area contributed by atoms with Gasteiger partial charge in [-0.3, -0.25) is 9.69 Å². The monoisotopic (exact) mass is 520 g/mol. The molecule has 3 aliphatic rings. The summed E-state index contributed by atoms with van der Waals surface area (Å²) in [6.07, 6.45) is 9.87. The van der Waals surface area contributed by atoms with Gasteiger partial charge < -0.3 is 9.80 Å². The Morgan fingerprint density at radius 1 is 1.05 bits per heavy atom. The van der Waals surface area contributed by atoms with Gasteiger partial charge >= 0.3 is 6.03 Å². The quantitative estimate of drug-likeness (QED) is 0.424. The van der Waals surface area contributed by atoms with Gasteiger partial charge in [0.2, 0.25) is 0 Å². The third-order valence-electron chi connectivity index (χ3n) is 9.14. The van der Waals surface area contributed by atoms with Crippen LogP contribution in [0, 0.1) is 5.92 Å². The van der Waals surface area contributed by atoms with Crippen LogP contribution < -0.4 is 0 Å². The van der Waals surface area contributed by atoms with Crippen LogP contribution in [0.4, 0.5) is 4.79 Å². The van der Waals surface area contributed by atoms with Crippen LogP contribution >= 0.6 is 11.8 Å². The van der Waals surface area contributed by atoms with E-state index in [1.807, 2.05) is 29.4 Å². The molecule has 1 aliphatic heterocycles. The summed E-state index contributed by atoms with van der Waals surface area (Å²) in [5.74, 6) is 0.659. The Balaban J connectivity index is 1.33. The average molecular weight is 521 g/mol. The minimum atomic E-state index is -0.182. The lowest BCUT2D eigenvalue weighted by Crippen LogP contribution is -2.56. The summed E-state index contributed by atoms with van der Waals surface area (Å²) in [4.78, 5) is 37.8. The largest absolute Gasteiger partial charge is 0.321 e. The number of aromatic nitrogens is 1. The van der Waals surface area contributed by atoms with E-state index < -0.39 is 0 Å². The number of hydrogen-bond donors (Lipinski definition) is 0. The van der Waals surface area contributed by atoms with Crippen LogP contribution in [0.1, 0.15) is 56.2 Å². The second-order valence-corrected chi connectivity index (χ2v) is 12.3. The molecular formula is C30H40N4O2S. The Morgan fingerprint density at radius 3 is 2.41 bits per heavy atom. The fourth-order valence-corrected chi connectivity index (χ4v) is 7.07. The SMILES string of the molecule is CSc1cccc(CC(=O)CN2CC3(CCC(c4ccccc4)(N(C)C)CC3)N(CC3CCC3)C2=O)n1. The number of urea groups is 1. The van der Waals surface area contributed by atoms with Crippen LogP contribution in [-0.2, 0) is 16.8 Å². The molecule has 1 saturated heterocycles. The summed E-state index contributed by atoms with van der Waals surface area (Å²) in [5, 5.41) is 0.915. The number of carbonyl (C=O) groups excluding carboxylic acids is 2. The zero-order valence-electron chi connectivity index (χ0n) is 22.5. The second kappa shape index (κ2) is 10.8. The van der Waals surface area contributed by atoms with E-state index in [1.54, 1.807) is 11.8 Å².